The van der Waals surface area contributed by atoms with Crippen LogP contribution in [0.2, 0.25) is 0 Å². The number of hydrogen-bond acceptors (Lipinski definition) is 4. The Morgan fingerprint density at radius 2 is 1.88 bits per heavy atom. The fraction of sp³-hybridized carbons (Fsp3) is 0.154. The van der Waals surface area contributed by atoms with Crippen molar-refractivity contribution < 1.29 is 14.3 Å². The molecule has 3 aromatic rings. The van der Waals surface area contributed by atoms with Gasteiger partial charge in [-0.25, -0.2) is 0 Å². The summed E-state index contributed by atoms with van der Waals surface area (Å²) in [6.07, 6.45) is 3.29. The number of nitrogens with zero attached hydrogens (tertiary/aromatic N) is 1. The van der Waals surface area contributed by atoms with E-state index in [0.29, 0.717) is 23.8 Å². The number of anilines is 2. The summed E-state index contributed by atoms with van der Waals surface area (Å²) in [7, 11) is 0. The van der Waals surface area contributed by atoms with E-state index in [2.05, 4.69) is 5.32 Å². The lowest BCUT2D eigenvalue weighted by Gasteiger charge is -2.26. The highest BCUT2D eigenvalue weighted by Gasteiger charge is 2.35. The molecule has 4 rings (SSSR count). The molecule has 1 N–H and O–H groups in total. The maximum atomic E-state index is 12.8. The third kappa shape index (κ3) is 5.03. The van der Waals surface area contributed by atoms with Crippen molar-refractivity contribution in [2.24, 2.45) is 0 Å². The third-order valence-electron chi connectivity index (χ3n) is 4.96. The van der Waals surface area contributed by atoms with Crippen LogP contribution in [0.4, 0.5) is 11.4 Å². The lowest BCUT2D eigenvalue weighted by Crippen LogP contribution is -2.28. The summed E-state index contributed by atoms with van der Waals surface area (Å²) >= 11 is 1.56. The largest absolute Gasteiger partial charge is 0.492 e. The van der Waals surface area contributed by atoms with E-state index in [9.17, 15) is 9.59 Å². The minimum Gasteiger partial charge on any atom is -0.492 e. The SMILES string of the molecule is CCOc1ccccc1N1C(=O)CS[C@@H]1c1cccc(NC(=O)/C=C/c2ccccc2)c1. The molecule has 0 bridgehead atoms. The van der Waals surface area contributed by atoms with E-state index in [1.807, 2.05) is 85.8 Å². The number of nitrogens with one attached hydrogen (secondary N) is 1. The van der Waals surface area contributed by atoms with Crippen LogP contribution in [0.3, 0.4) is 0 Å². The number of carbonyl (C=O) groups is 2. The molecule has 0 aliphatic carbocycles. The van der Waals surface area contributed by atoms with Gasteiger partial charge in [-0.15, -0.1) is 11.8 Å². The van der Waals surface area contributed by atoms with Crippen LogP contribution in [0.1, 0.15) is 23.4 Å². The fourth-order valence-electron chi connectivity index (χ4n) is 3.55. The van der Waals surface area contributed by atoms with Crippen LogP contribution in [-0.4, -0.2) is 24.2 Å². The summed E-state index contributed by atoms with van der Waals surface area (Å²) in [5, 5.41) is 2.72. The average Bonchev–Trinajstić information content (AvgIpc) is 3.20. The van der Waals surface area contributed by atoms with E-state index in [-0.39, 0.29) is 17.2 Å². The highest BCUT2D eigenvalue weighted by Crippen LogP contribution is 2.45. The van der Waals surface area contributed by atoms with Gasteiger partial charge in [0.05, 0.1) is 18.0 Å². The topological polar surface area (TPSA) is 58.6 Å². The molecule has 1 atom stereocenters. The van der Waals surface area contributed by atoms with Gasteiger partial charge < -0.3 is 10.1 Å². The van der Waals surface area contributed by atoms with Gasteiger partial charge in [-0.3, -0.25) is 14.5 Å². The number of thioether (sulfide) groups is 1. The first-order valence-electron chi connectivity index (χ1n) is 10.5. The lowest BCUT2D eigenvalue weighted by atomic mass is 10.1. The minimum absolute atomic E-state index is 0.0346. The van der Waals surface area contributed by atoms with Crippen molar-refractivity contribution in [2.45, 2.75) is 12.3 Å². The molecule has 0 spiro atoms. The molecule has 32 heavy (non-hydrogen) atoms. The molecule has 1 aliphatic heterocycles. The molecule has 1 heterocycles. The maximum absolute atomic E-state index is 12.8. The third-order valence-corrected chi connectivity index (χ3v) is 6.17. The highest BCUT2D eigenvalue weighted by atomic mass is 32.2. The van der Waals surface area contributed by atoms with Crippen LogP contribution in [0.15, 0.2) is 84.9 Å². The van der Waals surface area contributed by atoms with Crippen molar-refractivity contribution in [3.8, 4) is 5.75 Å². The highest BCUT2D eigenvalue weighted by molar-refractivity contribution is 8.00. The van der Waals surface area contributed by atoms with Gasteiger partial charge in [0.1, 0.15) is 11.1 Å². The van der Waals surface area contributed by atoms with E-state index in [4.69, 9.17) is 4.74 Å². The first-order chi connectivity index (χ1) is 15.7. The molecule has 1 aliphatic rings. The summed E-state index contributed by atoms with van der Waals surface area (Å²) in [6.45, 7) is 2.45. The van der Waals surface area contributed by atoms with Gasteiger partial charge in [-0.05, 0) is 48.4 Å². The number of benzene rings is 3. The molecule has 6 heteroatoms. The molecule has 1 saturated heterocycles. The average molecular weight is 445 g/mol. The van der Waals surface area contributed by atoms with Crippen LogP contribution in [0.5, 0.6) is 5.75 Å². The first-order valence-corrected chi connectivity index (χ1v) is 11.5. The number of para-hydroxylation sites is 2. The Hall–Kier alpha value is -3.51. The van der Waals surface area contributed by atoms with E-state index in [1.165, 1.54) is 6.08 Å². The minimum atomic E-state index is -0.209. The van der Waals surface area contributed by atoms with Crippen molar-refractivity contribution in [1.82, 2.24) is 0 Å². The second-order valence-corrected chi connectivity index (χ2v) is 8.26. The van der Waals surface area contributed by atoms with Crippen LogP contribution in [-0.2, 0) is 9.59 Å². The van der Waals surface area contributed by atoms with Gasteiger partial charge >= 0.3 is 0 Å². The predicted octanol–water partition coefficient (Wildman–Crippen LogP) is 5.52. The Balaban J connectivity index is 1.54. The summed E-state index contributed by atoms with van der Waals surface area (Å²) in [5.41, 5.74) is 3.34. The zero-order valence-electron chi connectivity index (χ0n) is 17.7. The Labute approximate surface area is 192 Å². The van der Waals surface area contributed by atoms with Gasteiger partial charge in [-0.1, -0.05) is 54.6 Å². The number of rotatable bonds is 7. The molecule has 0 radical (unpaired) electrons. The van der Waals surface area contributed by atoms with Crippen LogP contribution in [0.25, 0.3) is 6.08 Å². The molecular weight excluding hydrogens is 420 g/mol. The molecule has 2 amide bonds. The van der Waals surface area contributed by atoms with Gasteiger partial charge in [-0.2, -0.15) is 0 Å². The van der Waals surface area contributed by atoms with Crippen molar-refractivity contribution >= 4 is 41.0 Å². The molecule has 5 nitrogen and oxygen atoms in total. The Morgan fingerprint density at radius 1 is 1.09 bits per heavy atom. The standard InChI is InChI=1S/C26H24N2O3S/c1-2-31-23-14-7-6-13-22(23)28-25(30)18-32-26(28)20-11-8-12-21(17-20)27-24(29)16-15-19-9-4-3-5-10-19/h3-17,26H,2,18H2,1H3,(H,27,29)/b16-15+/t26-/m1/s1. The van der Waals surface area contributed by atoms with Crippen molar-refractivity contribution in [1.29, 1.82) is 0 Å². The lowest BCUT2D eigenvalue weighted by molar-refractivity contribution is -0.116. The zero-order chi connectivity index (χ0) is 22.3. The van der Waals surface area contributed by atoms with Gasteiger partial charge in [0.15, 0.2) is 0 Å². The predicted molar refractivity (Wildman–Crippen MR) is 131 cm³/mol. The summed E-state index contributed by atoms with van der Waals surface area (Å²) < 4.78 is 5.75. The summed E-state index contributed by atoms with van der Waals surface area (Å²) in [6, 6.07) is 24.9. The number of ether oxygens (including phenoxy) is 1. The molecule has 0 aromatic heterocycles. The van der Waals surface area contributed by atoms with Crippen LogP contribution in [0, 0.1) is 0 Å². The second-order valence-electron chi connectivity index (χ2n) is 7.19. The molecule has 0 saturated carbocycles. The number of carbonyl (C=O) groups excluding carboxylic acids is 2. The normalized spacial score (nSPS) is 15.8. The molecule has 0 unspecified atom stereocenters. The van der Waals surface area contributed by atoms with Gasteiger partial charge in [0, 0.05) is 11.8 Å². The smallest absolute Gasteiger partial charge is 0.248 e. The zero-order valence-corrected chi connectivity index (χ0v) is 18.5. The van der Waals surface area contributed by atoms with Crippen LogP contribution < -0.4 is 15.0 Å². The van der Waals surface area contributed by atoms with Crippen molar-refractivity contribution in [2.75, 3.05) is 22.6 Å². The Kier molecular flexibility index (Phi) is 6.92. The van der Waals surface area contributed by atoms with Crippen molar-refractivity contribution in [3.05, 3.63) is 96.1 Å². The number of amides is 2. The van der Waals surface area contributed by atoms with Crippen LogP contribution >= 0.6 is 11.8 Å². The quantitative estimate of drug-likeness (QED) is 0.488. The molecule has 162 valence electrons. The molecular formula is C26H24N2O3S. The second kappa shape index (κ2) is 10.2. The van der Waals surface area contributed by atoms with E-state index in [1.54, 1.807) is 22.7 Å². The van der Waals surface area contributed by atoms with Gasteiger partial charge in [0.2, 0.25) is 11.8 Å². The maximum Gasteiger partial charge on any atom is 0.248 e. The summed E-state index contributed by atoms with van der Waals surface area (Å²) in [5.74, 6) is 0.903. The fourth-order valence-corrected chi connectivity index (χ4v) is 4.71. The first kappa shape index (κ1) is 21.7. The summed E-state index contributed by atoms with van der Waals surface area (Å²) in [4.78, 5) is 26.9. The molecule has 3 aromatic carbocycles. The monoisotopic (exact) mass is 444 g/mol. The van der Waals surface area contributed by atoms with E-state index in [0.717, 1.165) is 16.8 Å². The molecule has 1 fully saturated rings. The van der Waals surface area contributed by atoms with E-state index >= 15 is 0 Å². The van der Waals surface area contributed by atoms with E-state index < -0.39 is 0 Å². The Bertz CT molecular complexity index is 1130. The number of hydrogen-bond donors (Lipinski definition) is 1. The van der Waals surface area contributed by atoms with Gasteiger partial charge in [0.25, 0.3) is 0 Å². The Morgan fingerprint density at radius 3 is 2.69 bits per heavy atom. The van der Waals surface area contributed by atoms with Crippen molar-refractivity contribution in [3.63, 3.8) is 0 Å².